The van der Waals surface area contributed by atoms with Crippen molar-refractivity contribution in [3.05, 3.63) is 83.1 Å². The van der Waals surface area contributed by atoms with Gasteiger partial charge in [0.25, 0.3) is 0 Å². The number of aryl methyl sites for hydroxylation is 1. The molecule has 5 rings (SSSR count). The van der Waals surface area contributed by atoms with Gasteiger partial charge in [-0.25, -0.2) is 0 Å². The number of rotatable bonds is 11. The van der Waals surface area contributed by atoms with Crippen molar-refractivity contribution in [1.82, 2.24) is 9.80 Å². The minimum atomic E-state index is 0.269. The Morgan fingerprint density at radius 1 is 1.02 bits per heavy atom. The van der Waals surface area contributed by atoms with E-state index < -0.39 is 0 Å². The average molecular weight is 547 g/mol. The van der Waals surface area contributed by atoms with E-state index in [1.54, 1.807) is 7.11 Å². The molecule has 1 saturated heterocycles. The number of fused-ring (bicyclic) bond motifs is 1. The van der Waals surface area contributed by atoms with E-state index in [9.17, 15) is 5.11 Å². The molecule has 1 heterocycles. The second-order valence-corrected chi connectivity index (χ2v) is 11.5. The fraction of sp³-hybridized carbons (Fsp3) is 0.529. The van der Waals surface area contributed by atoms with Crippen LogP contribution in [0.3, 0.4) is 0 Å². The maximum absolute atomic E-state index is 9.92. The van der Waals surface area contributed by atoms with E-state index in [0.29, 0.717) is 30.2 Å². The van der Waals surface area contributed by atoms with Crippen LogP contribution in [0.5, 0.6) is 11.5 Å². The van der Waals surface area contributed by atoms with E-state index in [-0.39, 0.29) is 6.04 Å². The zero-order valence-corrected chi connectivity index (χ0v) is 24.4. The van der Waals surface area contributed by atoms with Gasteiger partial charge in [0.05, 0.1) is 7.11 Å². The van der Waals surface area contributed by atoms with Gasteiger partial charge >= 0.3 is 0 Å². The molecule has 3 atom stereocenters. The van der Waals surface area contributed by atoms with Crippen molar-refractivity contribution in [2.75, 3.05) is 47.1 Å². The summed E-state index contributed by atoms with van der Waals surface area (Å²) < 4.78 is 17.3. The Balaban J connectivity index is 1.20. The number of likely N-dealkylation sites (N-methyl/N-ethyl adjacent to an activating group) is 2. The Morgan fingerprint density at radius 2 is 1.82 bits per heavy atom. The maximum atomic E-state index is 9.92. The monoisotopic (exact) mass is 546 g/mol. The first kappa shape index (κ1) is 28.7. The summed E-state index contributed by atoms with van der Waals surface area (Å²) in [5.41, 5.74) is 3.96. The lowest BCUT2D eigenvalue weighted by atomic mass is 9.72. The largest absolute Gasteiger partial charge is 0.508 e. The Hall–Kier alpha value is -2.80. The van der Waals surface area contributed by atoms with Gasteiger partial charge < -0.3 is 19.3 Å². The molecule has 6 heteroatoms. The Kier molecular flexibility index (Phi) is 9.84. The predicted molar refractivity (Wildman–Crippen MR) is 160 cm³/mol. The van der Waals surface area contributed by atoms with E-state index in [4.69, 9.17) is 14.2 Å². The highest BCUT2D eigenvalue weighted by Crippen LogP contribution is 2.38. The second kappa shape index (κ2) is 13.7. The molecule has 1 fully saturated rings. The van der Waals surface area contributed by atoms with Gasteiger partial charge in [0.2, 0.25) is 0 Å². The minimum absolute atomic E-state index is 0.269. The summed E-state index contributed by atoms with van der Waals surface area (Å²) in [5, 5.41) is 9.92. The number of hydrogen-bond acceptors (Lipinski definition) is 6. The molecule has 216 valence electrons. The molecular weight excluding hydrogens is 500 g/mol. The average Bonchev–Trinajstić information content (AvgIpc) is 3.00. The number of methoxy groups -OCH3 is 1. The summed E-state index contributed by atoms with van der Waals surface area (Å²) in [4.78, 5) is 4.97. The summed E-state index contributed by atoms with van der Waals surface area (Å²) in [5.74, 6) is 3.21. The highest BCUT2D eigenvalue weighted by Gasteiger charge is 2.34. The molecule has 40 heavy (non-hydrogen) atoms. The van der Waals surface area contributed by atoms with Crippen LogP contribution in [0.1, 0.15) is 42.9 Å². The quantitative estimate of drug-likeness (QED) is 0.396. The number of benzene rings is 2. The maximum Gasteiger partial charge on any atom is 0.119 e. The predicted octanol–water partition coefficient (Wildman–Crippen LogP) is 5.59. The number of allylic oxidation sites excluding steroid dienone is 1. The van der Waals surface area contributed by atoms with Crippen LogP contribution < -0.4 is 4.74 Å². The lowest BCUT2D eigenvalue weighted by Gasteiger charge is -2.41. The molecular formula is C34H46N2O4. The third-order valence-electron chi connectivity index (χ3n) is 9.11. The van der Waals surface area contributed by atoms with Crippen LogP contribution in [0.4, 0.5) is 0 Å². The number of phenols is 1. The summed E-state index contributed by atoms with van der Waals surface area (Å²) in [6, 6.07) is 15.4. The van der Waals surface area contributed by atoms with Gasteiger partial charge in [0.15, 0.2) is 0 Å². The van der Waals surface area contributed by atoms with Crippen molar-refractivity contribution in [2.24, 2.45) is 11.8 Å². The van der Waals surface area contributed by atoms with Crippen LogP contribution in [-0.2, 0) is 28.9 Å². The van der Waals surface area contributed by atoms with Gasteiger partial charge in [0.1, 0.15) is 23.9 Å². The van der Waals surface area contributed by atoms with Gasteiger partial charge in [-0.3, -0.25) is 9.80 Å². The van der Waals surface area contributed by atoms with Crippen molar-refractivity contribution in [1.29, 1.82) is 0 Å². The molecule has 0 bridgehead atoms. The van der Waals surface area contributed by atoms with Crippen molar-refractivity contribution < 1.29 is 19.3 Å². The molecule has 1 N–H and O–H groups in total. The first-order valence-corrected chi connectivity index (χ1v) is 15.0. The topological polar surface area (TPSA) is 54.4 Å². The number of hydrogen-bond donors (Lipinski definition) is 1. The highest BCUT2D eigenvalue weighted by atomic mass is 16.5. The van der Waals surface area contributed by atoms with Crippen LogP contribution in [0.15, 0.2) is 66.5 Å². The molecule has 2 aromatic rings. The molecule has 0 amide bonds. The van der Waals surface area contributed by atoms with Gasteiger partial charge in [0, 0.05) is 38.4 Å². The number of nitrogens with zero attached hydrogens (tertiary/aromatic N) is 2. The van der Waals surface area contributed by atoms with Gasteiger partial charge in [-0.1, -0.05) is 31.2 Å². The van der Waals surface area contributed by atoms with E-state index >= 15 is 0 Å². The minimum Gasteiger partial charge on any atom is -0.508 e. The Bertz CT molecular complexity index is 1160. The molecule has 6 nitrogen and oxygen atoms in total. The lowest BCUT2D eigenvalue weighted by molar-refractivity contribution is 0.0392. The number of ether oxygens (including phenoxy) is 3. The fourth-order valence-electron chi connectivity index (χ4n) is 6.64. The second-order valence-electron chi connectivity index (χ2n) is 11.5. The van der Waals surface area contributed by atoms with E-state index in [0.717, 1.165) is 76.5 Å². The molecule has 3 aliphatic rings. The van der Waals surface area contributed by atoms with Crippen LogP contribution in [0, 0.1) is 11.8 Å². The molecule has 0 radical (unpaired) electrons. The SMILES string of the molecule is CCN(Cc1ccc(OCCN(C)C2CCOCC2)cc1)C1C=C(OC)C=CC1[C@@H]1CCc2cc(O)ccc2C1. The van der Waals surface area contributed by atoms with Gasteiger partial charge in [-0.2, -0.15) is 0 Å². The molecule has 2 unspecified atom stereocenters. The number of phenolic OH excluding ortho intramolecular Hbond substituents is 1. The van der Waals surface area contributed by atoms with Crippen LogP contribution in [0.25, 0.3) is 0 Å². The standard InChI is InChI=1S/C34H46N2O4/c1-4-36(24-25-5-11-31(12-6-25)40-20-17-35(2)29-15-18-39-19-16-29)34-23-32(38-3)13-14-33(34)28-8-7-27-22-30(37)10-9-26(27)21-28/h5-6,9-14,22-23,28-29,33-34,37H,4,7-8,15-21,24H2,1-3H3/t28-,33?,34?/m1/s1. The summed E-state index contributed by atoms with van der Waals surface area (Å²) in [6.07, 6.45) is 12.2. The highest BCUT2D eigenvalue weighted by molar-refractivity contribution is 5.37. The molecule has 2 aromatic carbocycles. The van der Waals surface area contributed by atoms with Crippen molar-refractivity contribution in [3.63, 3.8) is 0 Å². The van der Waals surface area contributed by atoms with Crippen LogP contribution in [-0.4, -0.2) is 74.1 Å². The van der Waals surface area contributed by atoms with Gasteiger partial charge in [-0.05, 0) is 111 Å². The van der Waals surface area contributed by atoms with Crippen molar-refractivity contribution in [3.8, 4) is 11.5 Å². The molecule has 0 saturated carbocycles. The Morgan fingerprint density at radius 3 is 2.58 bits per heavy atom. The Labute approximate surface area is 240 Å². The third-order valence-corrected chi connectivity index (χ3v) is 9.11. The zero-order chi connectivity index (χ0) is 27.9. The van der Waals surface area contributed by atoms with E-state index in [2.05, 4.69) is 72.3 Å². The van der Waals surface area contributed by atoms with E-state index in [1.165, 1.54) is 16.7 Å². The number of aromatic hydroxyl groups is 1. The van der Waals surface area contributed by atoms with E-state index in [1.807, 2.05) is 12.1 Å². The summed E-state index contributed by atoms with van der Waals surface area (Å²) >= 11 is 0. The molecule has 0 aromatic heterocycles. The van der Waals surface area contributed by atoms with Crippen LogP contribution in [0.2, 0.25) is 0 Å². The molecule has 2 aliphatic carbocycles. The first-order valence-electron chi connectivity index (χ1n) is 15.0. The van der Waals surface area contributed by atoms with Crippen molar-refractivity contribution >= 4 is 0 Å². The zero-order valence-electron chi connectivity index (χ0n) is 24.4. The van der Waals surface area contributed by atoms with Crippen LogP contribution >= 0.6 is 0 Å². The van der Waals surface area contributed by atoms with Gasteiger partial charge in [-0.15, -0.1) is 0 Å². The first-order chi connectivity index (χ1) is 19.5. The summed E-state index contributed by atoms with van der Waals surface area (Å²) in [7, 11) is 3.95. The molecule has 1 aliphatic heterocycles. The fourth-order valence-corrected chi connectivity index (χ4v) is 6.64. The third kappa shape index (κ3) is 7.09. The summed E-state index contributed by atoms with van der Waals surface area (Å²) in [6.45, 7) is 7.44. The van der Waals surface area contributed by atoms with Crippen molar-refractivity contribution in [2.45, 2.75) is 57.7 Å². The molecule has 0 spiro atoms. The normalized spacial score (nSPS) is 23.2. The lowest BCUT2D eigenvalue weighted by Crippen LogP contribution is -2.43. The smallest absolute Gasteiger partial charge is 0.119 e.